The van der Waals surface area contributed by atoms with Gasteiger partial charge in [-0.3, -0.25) is 0 Å². The van der Waals surface area contributed by atoms with Gasteiger partial charge in [-0.2, -0.15) is 0 Å². The predicted molar refractivity (Wildman–Crippen MR) is 86.3 cm³/mol. The van der Waals surface area contributed by atoms with Crippen molar-refractivity contribution in [3.63, 3.8) is 0 Å². The molecule has 4 heteroatoms. The molecule has 1 saturated heterocycles. The first kappa shape index (κ1) is 14.6. The molecule has 0 saturated carbocycles. The molecular weight excluding hydrogens is 284 g/mol. The van der Waals surface area contributed by atoms with Crippen molar-refractivity contribution in [2.75, 3.05) is 39.3 Å². The van der Waals surface area contributed by atoms with Gasteiger partial charge in [-0.1, -0.05) is 41.9 Å². The van der Waals surface area contributed by atoms with Crippen LogP contribution in [-0.2, 0) is 0 Å². The number of nitrogens with one attached hydrogen (secondary N) is 1. The molecule has 0 radical (unpaired) electrons. The van der Waals surface area contributed by atoms with Gasteiger partial charge in [-0.15, -0.1) is 0 Å². The van der Waals surface area contributed by atoms with E-state index in [4.69, 9.17) is 16.3 Å². The summed E-state index contributed by atoms with van der Waals surface area (Å²) in [6.07, 6.45) is 1.08. The first-order chi connectivity index (χ1) is 10.3. The topological polar surface area (TPSA) is 30.3 Å². The molecule has 0 spiro atoms. The van der Waals surface area contributed by atoms with Crippen molar-refractivity contribution >= 4 is 22.4 Å². The zero-order valence-corrected chi connectivity index (χ0v) is 13.0. The maximum atomic E-state index is 6.43. The van der Waals surface area contributed by atoms with E-state index < -0.39 is 0 Å². The average Bonchev–Trinajstić information content (AvgIpc) is 2.55. The third-order valence-electron chi connectivity index (χ3n) is 4.16. The molecule has 3 rings (SSSR count). The molecule has 0 amide bonds. The van der Waals surface area contributed by atoms with Crippen LogP contribution in [0.4, 0.5) is 0 Å². The number of nitrogens with two attached hydrogens (primary N) is 1. The molecule has 3 N–H and O–H groups in total. The lowest BCUT2D eigenvalue weighted by molar-refractivity contribution is -0.946. The Morgan fingerprint density at radius 1 is 1.10 bits per heavy atom. The lowest BCUT2D eigenvalue weighted by Crippen LogP contribution is -3.20. The zero-order valence-electron chi connectivity index (χ0n) is 12.3. The Morgan fingerprint density at radius 3 is 2.76 bits per heavy atom. The fourth-order valence-electron chi connectivity index (χ4n) is 2.96. The van der Waals surface area contributed by atoms with Crippen LogP contribution >= 0.6 is 11.6 Å². The molecule has 1 aliphatic heterocycles. The molecule has 0 aromatic heterocycles. The van der Waals surface area contributed by atoms with Crippen molar-refractivity contribution in [1.29, 1.82) is 0 Å². The molecule has 0 unspecified atom stereocenters. The fourth-order valence-corrected chi connectivity index (χ4v) is 3.25. The largest absolute Gasteiger partial charge is 0.492 e. The number of quaternary nitrogens is 2. The Morgan fingerprint density at radius 2 is 1.90 bits per heavy atom. The molecule has 3 nitrogen and oxygen atoms in total. The van der Waals surface area contributed by atoms with Crippen LogP contribution in [0.25, 0.3) is 10.8 Å². The minimum Gasteiger partial charge on any atom is -0.492 e. The zero-order chi connectivity index (χ0) is 14.5. The molecular formula is C17H23ClN2O+2. The Kier molecular flexibility index (Phi) is 4.96. The Hall–Kier alpha value is -1.29. The Balaban J connectivity index is 1.54. The standard InChI is InChI=1S/C17H21ClN2O/c18-17-15-5-2-1-4-14(15)6-7-16(17)21-13-3-10-20-11-8-19-9-12-20/h1-2,4-7,19H,3,8-13H2/p+2. The number of ether oxygens (including phenoxy) is 1. The highest BCUT2D eigenvalue weighted by molar-refractivity contribution is 6.37. The second-order valence-corrected chi connectivity index (χ2v) is 6.04. The van der Waals surface area contributed by atoms with E-state index in [1.54, 1.807) is 4.90 Å². The van der Waals surface area contributed by atoms with Crippen molar-refractivity contribution in [3.05, 3.63) is 41.4 Å². The van der Waals surface area contributed by atoms with Gasteiger partial charge in [0.1, 0.15) is 31.9 Å². The van der Waals surface area contributed by atoms with Gasteiger partial charge in [0, 0.05) is 11.8 Å². The molecule has 1 aliphatic rings. The van der Waals surface area contributed by atoms with E-state index in [0.717, 1.165) is 34.6 Å². The Bertz CT molecular complexity index is 596. The van der Waals surface area contributed by atoms with Crippen LogP contribution in [0.1, 0.15) is 6.42 Å². The SMILES string of the molecule is Clc1c(OCCC[NH+]2CC[NH2+]CC2)ccc2ccccc12. The summed E-state index contributed by atoms with van der Waals surface area (Å²) < 4.78 is 5.88. The van der Waals surface area contributed by atoms with Gasteiger partial charge in [-0.25, -0.2) is 0 Å². The first-order valence-electron chi connectivity index (χ1n) is 7.80. The minimum atomic E-state index is 0.730. The average molecular weight is 307 g/mol. The van der Waals surface area contributed by atoms with Crippen LogP contribution in [0.3, 0.4) is 0 Å². The lowest BCUT2D eigenvalue weighted by Gasteiger charge is -2.22. The summed E-state index contributed by atoms with van der Waals surface area (Å²) in [5.41, 5.74) is 0. The molecule has 0 bridgehead atoms. The second-order valence-electron chi connectivity index (χ2n) is 5.67. The van der Waals surface area contributed by atoms with Crippen molar-refractivity contribution in [2.24, 2.45) is 0 Å². The highest BCUT2D eigenvalue weighted by Gasteiger charge is 2.14. The number of benzene rings is 2. The molecule has 112 valence electrons. The summed E-state index contributed by atoms with van der Waals surface area (Å²) in [7, 11) is 0. The summed E-state index contributed by atoms with van der Waals surface area (Å²) >= 11 is 6.43. The number of halogens is 1. The molecule has 21 heavy (non-hydrogen) atoms. The molecule has 0 aliphatic carbocycles. The summed E-state index contributed by atoms with van der Waals surface area (Å²) in [6.45, 7) is 7.00. The van der Waals surface area contributed by atoms with Crippen LogP contribution in [-0.4, -0.2) is 39.3 Å². The highest BCUT2D eigenvalue weighted by atomic mass is 35.5. The summed E-state index contributed by atoms with van der Waals surface area (Å²) in [5, 5.41) is 5.35. The van der Waals surface area contributed by atoms with Gasteiger partial charge in [0.05, 0.1) is 18.2 Å². The molecule has 1 heterocycles. The molecule has 0 atom stereocenters. The number of fused-ring (bicyclic) bond motifs is 1. The smallest absolute Gasteiger partial charge is 0.138 e. The monoisotopic (exact) mass is 306 g/mol. The maximum absolute atomic E-state index is 6.43. The van der Waals surface area contributed by atoms with Gasteiger partial charge >= 0.3 is 0 Å². The van der Waals surface area contributed by atoms with Gasteiger partial charge in [-0.05, 0) is 11.5 Å². The number of piperazine rings is 1. The van der Waals surface area contributed by atoms with E-state index in [0.29, 0.717) is 0 Å². The van der Waals surface area contributed by atoms with Gasteiger partial charge in [0.25, 0.3) is 0 Å². The number of rotatable bonds is 5. The van der Waals surface area contributed by atoms with E-state index in [2.05, 4.69) is 17.4 Å². The van der Waals surface area contributed by atoms with Crippen LogP contribution in [0.15, 0.2) is 36.4 Å². The van der Waals surface area contributed by atoms with Crippen molar-refractivity contribution < 1.29 is 15.0 Å². The van der Waals surface area contributed by atoms with E-state index >= 15 is 0 Å². The van der Waals surface area contributed by atoms with Crippen molar-refractivity contribution in [1.82, 2.24) is 0 Å². The summed E-state index contributed by atoms with van der Waals surface area (Å²) in [4.78, 5) is 1.70. The second kappa shape index (κ2) is 7.12. The number of hydrogen-bond acceptors (Lipinski definition) is 1. The highest BCUT2D eigenvalue weighted by Crippen LogP contribution is 2.32. The third-order valence-corrected chi connectivity index (χ3v) is 4.55. The van der Waals surface area contributed by atoms with E-state index in [9.17, 15) is 0 Å². The van der Waals surface area contributed by atoms with Gasteiger partial charge < -0.3 is 15.0 Å². The lowest BCUT2D eigenvalue weighted by atomic mass is 10.1. The van der Waals surface area contributed by atoms with Crippen molar-refractivity contribution in [2.45, 2.75) is 6.42 Å². The first-order valence-corrected chi connectivity index (χ1v) is 8.17. The van der Waals surface area contributed by atoms with Gasteiger partial charge in [0.15, 0.2) is 0 Å². The van der Waals surface area contributed by atoms with Crippen LogP contribution in [0.2, 0.25) is 5.02 Å². The van der Waals surface area contributed by atoms with Crippen LogP contribution in [0.5, 0.6) is 5.75 Å². The predicted octanol–water partition coefficient (Wildman–Crippen LogP) is 0.724. The molecule has 2 aromatic carbocycles. The van der Waals surface area contributed by atoms with Gasteiger partial charge in [0.2, 0.25) is 0 Å². The van der Waals surface area contributed by atoms with Crippen molar-refractivity contribution in [3.8, 4) is 5.75 Å². The quantitative estimate of drug-likeness (QED) is 0.784. The van der Waals surface area contributed by atoms with E-state index in [1.807, 2.05) is 24.3 Å². The third kappa shape index (κ3) is 3.67. The van der Waals surface area contributed by atoms with E-state index in [1.165, 1.54) is 32.7 Å². The number of hydrogen-bond donors (Lipinski definition) is 2. The fraction of sp³-hybridized carbons (Fsp3) is 0.412. The van der Waals surface area contributed by atoms with Crippen LogP contribution in [0, 0.1) is 0 Å². The minimum absolute atomic E-state index is 0.730. The Labute approximate surface area is 130 Å². The summed E-state index contributed by atoms with van der Waals surface area (Å²) in [6, 6.07) is 12.2. The maximum Gasteiger partial charge on any atom is 0.138 e. The molecule has 2 aromatic rings. The van der Waals surface area contributed by atoms with Crippen LogP contribution < -0.4 is 15.0 Å². The molecule has 1 fully saturated rings. The normalized spacial score (nSPS) is 16.2. The van der Waals surface area contributed by atoms with E-state index in [-0.39, 0.29) is 0 Å². The summed E-state index contributed by atoms with van der Waals surface area (Å²) in [5.74, 6) is 0.803.